The van der Waals surface area contributed by atoms with E-state index in [9.17, 15) is 20.4 Å². The molecule has 382 valence electrons. The molecule has 4 heteroatoms. The lowest BCUT2D eigenvalue weighted by Gasteiger charge is -2.41. The molecule has 5 aromatic rings. The van der Waals surface area contributed by atoms with Gasteiger partial charge in [-0.1, -0.05) is 239 Å². The summed E-state index contributed by atoms with van der Waals surface area (Å²) < 4.78 is 0. The van der Waals surface area contributed by atoms with E-state index in [2.05, 4.69) is 253 Å². The van der Waals surface area contributed by atoms with Crippen LogP contribution in [0.3, 0.4) is 0 Å². The highest BCUT2D eigenvalue weighted by Crippen LogP contribution is 2.56. The van der Waals surface area contributed by atoms with Gasteiger partial charge in [0.15, 0.2) is 0 Å². The predicted molar refractivity (Wildman–Crippen MR) is 300 cm³/mol. The van der Waals surface area contributed by atoms with Crippen molar-refractivity contribution in [1.82, 2.24) is 0 Å². The van der Waals surface area contributed by atoms with Crippen LogP contribution < -0.4 is 0 Å². The van der Waals surface area contributed by atoms with Crippen LogP contribution in [-0.4, -0.2) is 20.4 Å². The third-order valence-corrected chi connectivity index (χ3v) is 15.3. The van der Waals surface area contributed by atoms with Gasteiger partial charge in [-0.25, -0.2) is 0 Å². The Hall–Kier alpha value is -4.70. The minimum atomic E-state index is -1.16. The Morgan fingerprint density at radius 2 is 0.386 bits per heavy atom. The fourth-order valence-corrected chi connectivity index (χ4v) is 10.1. The summed E-state index contributed by atoms with van der Waals surface area (Å²) in [6.45, 7) is 56.6. The highest BCUT2D eigenvalue weighted by Gasteiger charge is 2.45. The normalized spacial score (nSPS) is 14.1. The maximum atomic E-state index is 13.1. The summed E-state index contributed by atoms with van der Waals surface area (Å²) >= 11 is 0. The van der Waals surface area contributed by atoms with Crippen molar-refractivity contribution in [2.45, 2.75) is 234 Å². The molecule has 0 spiro atoms. The first-order valence-electron chi connectivity index (χ1n) is 25.8. The summed E-state index contributed by atoms with van der Waals surface area (Å²) in [5, 5.41) is 52.2. The Morgan fingerprint density at radius 1 is 0.214 bits per heavy atom. The molecule has 0 aliphatic carbocycles. The van der Waals surface area contributed by atoms with Crippen LogP contribution in [0.5, 0.6) is 23.0 Å². The van der Waals surface area contributed by atoms with Crippen molar-refractivity contribution in [2.75, 3.05) is 0 Å². The molecule has 0 unspecified atom stereocenters. The zero-order valence-electron chi connectivity index (χ0n) is 48.7. The third kappa shape index (κ3) is 10.5. The van der Waals surface area contributed by atoms with Crippen molar-refractivity contribution >= 4 is 0 Å². The molecule has 0 saturated heterocycles. The fraction of sp³-hybridized carbons (Fsp3) is 0.545. The first kappa shape index (κ1) is 56.2. The monoisotopic (exact) mass is 951 g/mol. The van der Waals surface area contributed by atoms with Crippen LogP contribution in [0.2, 0.25) is 0 Å². The molecule has 0 aliphatic rings. The SMILES string of the molecule is CC(C)(C)c1cc(C(C)(C)C)c(O)c(C(C)(c2cccc(C(C)(c3cc(C(C)(C)C)cc(C(C)(C)C)c3O)c3cc(C(C)(C)C)cc(C(C)(C)C)c3O)c2)c2cc(C(C)(C)C)cc(C(C)(C)C)c2O)c1. The van der Waals surface area contributed by atoms with Gasteiger partial charge >= 0.3 is 0 Å². The van der Waals surface area contributed by atoms with Crippen LogP contribution in [0.4, 0.5) is 0 Å². The first-order valence-corrected chi connectivity index (χ1v) is 25.8. The zero-order chi connectivity index (χ0) is 53.9. The van der Waals surface area contributed by atoms with Crippen molar-refractivity contribution in [3.8, 4) is 23.0 Å². The summed E-state index contributed by atoms with van der Waals surface area (Å²) in [6, 6.07) is 25.9. The van der Waals surface area contributed by atoms with Gasteiger partial charge in [0.25, 0.3) is 0 Å². The van der Waals surface area contributed by atoms with Crippen LogP contribution in [0.15, 0.2) is 72.8 Å². The molecule has 0 bridgehead atoms. The molecular formula is C66H94O4. The second kappa shape index (κ2) is 17.5. The van der Waals surface area contributed by atoms with E-state index in [0.29, 0.717) is 22.3 Å². The van der Waals surface area contributed by atoms with Crippen LogP contribution in [0, 0.1) is 0 Å². The van der Waals surface area contributed by atoms with E-state index in [-0.39, 0.29) is 44.7 Å². The molecule has 0 amide bonds. The number of aromatic hydroxyl groups is 4. The maximum absolute atomic E-state index is 13.1. The van der Waals surface area contributed by atoms with Crippen LogP contribution >= 0.6 is 0 Å². The molecule has 0 saturated carbocycles. The zero-order valence-corrected chi connectivity index (χ0v) is 48.7. The van der Waals surface area contributed by atoms with Crippen molar-refractivity contribution in [3.63, 3.8) is 0 Å². The van der Waals surface area contributed by atoms with E-state index in [4.69, 9.17) is 0 Å². The van der Waals surface area contributed by atoms with E-state index in [1.165, 1.54) is 0 Å². The lowest BCUT2D eigenvalue weighted by Crippen LogP contribution is -2.32. The summed E-state index contributed by atoms with van der Waals surface area (Å²) in [7, 11) is 0. The summed E-state index contributed by atoms with van der Waals surface area (Å²) in [5.74, 6) is 0.795. The Labute approximate surface area is 426 Å². The van der Waals surface area contributed by atoms with Gasteiger partial charge in [-0.3, -0.25) is 0 Å². The molecular weight excluding hydrogens is 857 g/mol. The van der Waals surface area contributed by atoms with Crippen molar-refractivity contribution < 1.29 is 20.4 Å². The number of rotatable bonds is 6. The summed E-state index contributed by atoms with van der Waals surface area (Å²) in [5.41, 5.74) is 7.02. The van der Waals surface area contributed by atoms with Crippen molar-refractivity contribution in [1.29, 1.82) is 0 Å². The van der Waals surface area contributed by atoms with Gasteiger partial charge in [-0.05, 0) is 113 Å². The van der Waals surface area contributed by atoms with Crippen molar-refractivity contribution in [2.24, 2.45) is 0 Å². The van der Waals surface area contributed by atoms with Gasteiger partial charge in [-0.15, -0.1) is 0 Å². The molecule has 4 nitrogen and oxygen atoms in total. The molecule has 0 aliphatic heterocycles. The van der Waals surface area contributed by atoms with Gasteiger partial charge in [0.05, 0.1) is 0 Å². The first-order chi connectivity index (χ1) is 31.2. The number of hydrogen-bond donors (Lipinski definition) is 4. The Bertz CT molecular complexity index is 2420. The van der Waals surface area contributed by atoms with Crippen molar-refractivity contribution in [3.05, 3.63) is 151 Å². The van der Waals surface area contributed by atoms with Gasteiger partial charge in [0.2, 0.25) is 0 Å². The molecule has 5 aromatic carbocycles. The van der Waals surface area contributed by atoms with Gasteiger partial charge in [-0.2, -0.15) is 0 Å². The Kier molecular flexibility index (Phi) is 14.1. The van der Waals surface area contributed by atoms with E-state index >= 15 is 0 Å². The van der Waals surface area contributed by atoms with E-state index in [0.717, 1.165) is 55.6 Å². The topological polar surface area (TPSA) is 80.9 Å². The molecule has 0 atom stereocenters. The molecule has 0 radical (unpaired) electrons. The fourth-order valence-electron chi connectivity index (χ4n) is 10.1. The van der Waals surface area contributed by atoms with Gasteiger partial charge in [0, 0.05) is 33.1 Å². The quantitative estimate of drug-likeness (QED) is 0.128. The lowest BCUT2D eigenvalue weighted by atomic mass is 9.63. The average Bonchev–Trinajstić information content (AvgIpc) is 3.17. The number of hydrogen-bond acceptors (Lipinski definition) is 4. The minimum absolute atomic E-state index is 0.199. The third-order valence-electron chi connectivity index (χ3n) is 15.3. The molecule has 70 heavy (non-hydrogen) atoms. The summed E-state index contributed by atoms with van der Waals surface area (Å²) in [6.07, 6.45) is 0. The second-order valence-electron chi connectivity index (χ2n) is 29.5. The maximum Gasteiger partial charge on any atom is 0.123 e. The highest BCUT2D eigenvalue weighted by molar-refractivity contribution is 5.68. The number of phenols is 4. The average molecular weight is 951 g/mol. The molecule has 5 rings (SSSR count). The largest absolute Gasteiger partial charge is 0.507 e. The molecule has 0 heterocycles. The standard InChI is InChI=1S/C66H94O4/c1-57(2,3)41-31-45(61(13,14)15)53(67)49(35-41)65(25,50-36-42(58(4,5)6)32-46(54(50)68)62(16,17)18)39-28-27-29-40(30-39)66(26,51-37-43(59(7,8)9)33-47(55(51)69)63(19,20)21)52-38-44(60(10,11)12)34-48(56(52)70)64(22,23)24/h27-38,67-70H,1-26H3. The Morgan fingerprint density at radius 3 is 0.543 bits per heavy atom. The van der Waals surface area contributed by atoms with Gasteiger partial charge in [0.1, 0.15) is 23.0 Å². The predicted octanol–water partition coefficient (Wildman–Crippen LogP) is 17.6. The molecule has 0 fully saturated rings. The van der Waals surface area contributed by atoms with Crippen LogP contribution in [-0.2, 0) is 54.1 Å². The summed E-state index contributed by atoms with van der Waals surface area (Å²) in [4.78, 5) is 0. The Balaban J connectivity index is 2.18. The lowest BCUT2D eigenvalue weighted by molar-refractivity contribution is 0.414. The smallest absolute Gasteiger partial charge is 0.123 e. The highest BCUT2D eigenvalue weighted by atomic mass is 16.3. The van der Waals surface area contributed by atoms with E-state index in [1.807, 2.05) is 0 Å². The second-order valence-corrected chi connectivity index (χ2v) is 29.5. The molecule has 0 aromatic heterocycles. The number of phenolic OH excluding ortho intramolecular Hbond substituents is 4. The van der Waals surface area contributed by atoms with E-state index < -0.39 is 32.5 Å². The van der Waals surface area contributed by atoms with Crippen LogP contribution in [0.25, 0.3) is 0 Å². The molecule has 4 N–H and O–H groups in total. The minimum Gasteiger partial charge on any atom is -0.507 e. The van der Waals surface area contributed by atoms with Gasteiger partial charge < -0.3 is 20.4 Å². The van der Waals surface area contributed by atoms with E-state index in [1.54, 1.807) is 0 Å². The van der Waals surface area contributed by atoms with Crippen LogP contribution in [0.1, 0.15) is 258 Å². The number of benzene rings is 5.